The lowest BCUT2D eigenvalue weighted by Gasteiger charge is -2.10. The van der Waals surface area contributed by atoms with Gasteiger partial charge in [0.2, 0.25) is 15.9 Å². The van der Waals surface area contributed by atoms with Gasteiger partial charge in [0.25, 0.3) is 0 Å². The first-order valence-corrected chi connectivity index (χ1v) is 8.08. The van der Waals surface area contributed by atoms with Crippen molar-refractivity contribution in [1.29, 1.82) is 0 Å². The SMILES string of the molecule is CCOC(=O)c1ccccc1NC(=O)CNS(=O)(=O)CC. The number of amides is 1. The molecule has 7 nitrogen and oxygen atoms in total. The van der Waals surface area contributed by atoms with E-state index in [0.717, 1.165) is 0 Å². The predicted octanol–water partition coefficient (Wildman–Crippen LogP) is 0.741. The number of benzene rings is 1. The van der Waals surface area contributed by atoms with Gasteiger partial charge < -0.3 is 10.1 Å². The van der Waals surface area contributed by atoms with E-state index in [4.69, 9.17) is 4.74 Å². The lowest BCUT2D eigenvalue weighted by molar-refractivity contribution is -0.115. The van der Waals surface area contributed by atoms with Crippen LogP contribution in [0.25, 0.3) is 0 Å². The minimum Gasteiger partial charge on any atom is -0.462 e. The standard InChI is InChI=1S/C13H18N2O5S/c1-3-20-13(17)10-7-5-6-8-11(10)15-12(16)9-14-21(18,19)4-2/h5-8,14H,3-4,9H2,1-2H3,(H,15,16). The van der Waals surface area contributed by atoms with Gasteiger partial charge in [0.15, 0.2) is 0 Å². The smallest absolute Gasteiger partial charge is 0.340 e. The van der Waals surface area contributed by atoms with Crippen molar-refractivity contribution in [2.24, 2.45) is 0 Å². The summed E-state index contributed by atoms with van der Waals surface area (Å²) in [6, 6.07) is 6.35. The van der Waals surface area contributed by atoms with E-state index in [1.165, 1.54) is 13.0 Å². The van der Waals surface area contributed by atoms with Crippen molar-refractivity contribution in [3.8, 4) is 0 Å². The van der Waals surface area contributed by atoms with Crippen molar-refractivity contribution in [2.45, 2.75) is 13.8 Å². The van der Waals surface area contributed by atoms with Gasteiger partial charge in [-0.15, -0.1) is 0 Å². The molecule has 1 aromatic carbocycles. The molecule has 0 atom stereocenters. The van der Waals surface area contributed by atoms with Gasteiger partial charge in [-0.2, -0.15) is 0 Å². The third-order valence-electron chi connectivity index (χ3n) is 2.53. The maximum absolute atomic E-state index is 11.7. The van der Waals surface area contributed by atoms with Crippen molar-refractivity contribution in [1.82, 2.24) is 4.72 Å². The predicted molar refractivity (Wildman–Crippen MR) is 78.5 cm³/mol. The van der Waals surface area contributed by atoms with Crippen molar-refractivity contribution in [3.05, 3.63) is 29.8 Å². The molecule has 0 aliphatic heterocycles. The Morgan fingerprint density at radius 2 is 1.86 bits per heavy atom. The number of para-hydroxylation sites is 1. The molecule has 8 heteroatoms. The van der Waals surface area contributed by atoms with Gasteiger partial charge in [-0.1, -0.05) is 12.1 Å². The van der Waals surface area contributed by atoms with Crippen molar-refractivity contribution in [2.75, 3.05) is 24.2 Å². The Hall–Kier alpha value is -1.93. The lowest BCUT2D eigenvalue weighted by atomic mass is 10.2. The van der Waals surface area contributed by atoms with Crippen LogP contribution in [0, 0.1) is 0 Å². The van der Waals surface area contributed by atoms with Crippen LogP contribution in [0.15, 0.2) is 24.3 Å². The Morgan fingerprint density at radius 1 is 1.19 bits per heavy atom. The molecule has 0 spiro atoms. The maximum Gasteiger partial charge on any atom is 0.340 e. The van der Waals surface area contributed by atoms with Gasteiger partial charge in [0.05, 0.1) is 30.2 Å². The van der Waals surface area contributed by atoms with Crippen molar-refractivity contribution < 1.29 is 22.7 Å². The van der Waals surface area contributed by atoms with Crippen LogP contribution in [0.1, 0.15) is 24.2 Å². The molecule has 0 saturated carbocycles. The zero-order chi connectivity index (χ0) is 15.9. The maximum atomic E-state index is 11.7. The number of hydrogen-bond acceptors (Lipinski definition) is 5. The van der Waals surface area contributed by atoms with Crippen LogP contribution in [0.5, 0.6) is 0 Å². The summed E-state index contributed by atoms with van der Waals surface area (Å²) < 4.78 is 29.5. The number of sulfonamides is 1. The number of hydrogen-bond donors (Lipinski definition) is 2. The van der Waals surface area contributed by atoms with E-state index >= 15 is 0 Å². The average Bonchev–Trinajstić information content (AvgIpc) is 2.46. The lowest BCUT2D eigenvalue weighted by Crippen LogP contribution is -2.34. The second-order valence-corrected chi connectivity index (χ2v) is 6.13. The quantitative estimate of drug-likeness (QED) is 0.723. The van der Waals surface area contributed by atoms with Crippen molar-refractivity contribution >= 4 is 27.6 Å². The van der Waals surface area contributed by atoms with Crippen LogP contribution < -0.4 is 10.0 Å². The normalized spacial score (nSPS) is 11.0. The second-order valence-electron chi connectivity index (χ2n) is 4.04. The van der Waals surface area contributed by atoms with Crippen LogP contribution in [0.2, 0.25) is 0 Å². The molecule has 1 amide bonds. The van der Waals surface area contributed by atoms with Gasteiger partial charge in [-0.05, 0) is 26.0 Å². The first kappa shape index (κ1) is 17.1. The van der Waals surface area contributed by atoms with E-state index in [-0.39, 0.29) is 23.6 Å². The molecule has 0 aromatic heterocycles. The second kappa shape index (κ2) is 7.75. The van der Waals surface area contributed by atoms with Crippen LogP contribution >= 0.6 is 0 Å². The molecule has 0 fully saturated rings. The molecule has 0 saturated heterocycles. The van der Waals surface area contributed by atoms with Crippen LogP contribution in [0.4, 0.5) is 5.69 Å². The van der Waals surface area contributed by atoms with E-state index in [0.29, 0.717) is 0 Å². The molecule has 0 unspecified atom stereocenters. The number of esters is 1. The highest BCUT2D eigenvalue weighted by Crippen LogP contribution is 2.16. The fraction of sp³-hybridized carbons (Fsp3) is 0.385. The fourth-order valence-corrected chi connectivity index (χ4v) is 2.01. The number of carbonyl (C=O) groups is 2. The Labute approximate surface area is 123 Å². The highest BCUT2D eigenvalue weighted by Gasteiger charge is 2.15. The van der Waals surface area contributed by atoms with Crippen LogP contribution in [0.3, 0.4) is 0 Å². The zero-order valence-electron chi connectivity index (χ0n) is 11.9. The number of rotatable bonds is 7. The molecule has 1 rings (SSSR count). The summed E-state index contributed by atoms with van der Waals surface area (Å²) >= 11 is 0. The summed E-state index contributed by atoms with van der Waals surface area (Å²) in [7, 11) is -3.44. The molecule has 116 valence electrons. The monoisotopic (exact) mass is 314 g/mol. The summed E-state index contributed by atoms with van der Waals surface area (Å²) in [5, 5.41) is 2.48. The largest absolute Gasteiger partial charge is 0.462 e. The Bertz CT molecular complexity index is 613. The number of anilines is 1. The highest BCUT2D eigenvalue weighted by molar-refractivity contribution is 7.89. The number of nitrogens with one attached hydrogen (secondary N) is 2. The number of carbonyl (C=O) groups excluding carboxylic acids is 2. The number of ether oxygens (including phenoxy) is 1. The van der Waals surface area contributed by atoms with Crippen LogP contribution in [-0.2, 0) is 19.6 Å². The van der Waals surface area contributed by atoms with Gasteiger partial charge >= 0.3 is 5.97 Å². The molecule has 1 aromatic rings. The van der Waals surface area contributed by atoms with Gasteiger partial charge in [-0.3, -0.25) is 4.79 Å². The third-order valence-corrected chi connectivity index (χ3v) is 3.87. The van der Waals surface area contributed by atoms with E-state index in [1.807, 2.05) is 0 Å². The minimum atomic E-state index is -3.44. The molecule has 0 aliphatic carbocycles. The van der Waals surface area contributed by atoms with Crippen molar-refractivity contribution in [3.63, 3.8) is 0 Å². The Kier molecular flexibility index (Phi) is 6.32. The van der Waals surface area contributed by atoms with E-state index < -0.39 is 28.4 Å². The van der Waals surface area contributed by atoms with E-state index in [9.17, 15) is 18.0 Å². The third kappa shape index (κ3) is 5.52. The van der Waals surface area contributed by atoms with Gasteiger partial charge in [0.1, 0.15) is 0 Å². The summed E-state index contributed by atoms with van der Waals surface area (Å²) in [4.78, 5) is 23.4. The summed E-state index contributed by atoms with van der Waals surface area (Å²) in [5.74, 6) is -1.23. The van der Waals surface area contributed by atoms with Gasteiger partial charge in [0, 0.05) is 0 Å². The summed E-state index contributed by atoms with van der Waals surface area (Å²) in [5.41, 5.74) is 0.489. The first-order valence-electron chi connectivity index (χ1n) is 6.43. The molecule has 2 N–H and O–H groups in total. The van der Waals surface area contributed by atoms with E-state index in [1.54, 1.807) is 25.1 Å². The molecule has 0 heterocycles. The summed E-state index contributed by atoms with van der Waals surface area (Å²) in [6.45, 7) is 2.97. The fourth-order valence-electron chi connectivity index (χ4n) is 1.45. The Balaban J connectivity index is 2.75. The molecule has 0 radical (unpaired) electrons. The minimum absolute atomic E-state index is 0.111. The average molecular weight is 314 g/mol. The van der Waals surface area contributed by atoms with Gasteiger partial charge in [-0.25, -0.2) is 17.9 Å². The summed E-state index contributed by atoms with van der Waals surface area (Å²) in [6.07, 6.45) is 0. The first-order chi connectivity index (χ1) is 9.89. The van der Waals surface area contributed by atoms with Crippen LogP contribution in [-0.4, -0.2) is 39.2 Å². The molecule has 21 heavy (non-hydrogen) atoms. The molecular formula is C13H18N2O5S. The Morgan fingerprint density at radius 3 is 2.48 bits per heavy atom. The molecular weight excluding hydrogens is 296 g/mol. The zero-order valence-corrected chi connectivity index (χ0v) is 12.7. The topological polar surface area (TPSA) is 102 Å². The molecule has 0 aliphatic rings. The van der Waals surface area contributed by atoms with E-state index in [2.05, 4.69) is 10.0 Å². The highest BCUT2D eigenvalue weighted by atomic mass is 32.2. The molecule has 0 bridgehead atoms.